The molecule has 0 fully saturated rings. The van der Waals surface area contributed by atoms with Crippen molar-refractivity contribution in [2.75, 3.05) is 26.2 Å². The standard InChI is InChI=1S/C39H28N8O10S5/c40-25-30-1-11-35(12-2-30)58(48,49)45(21-23-46(59(50,51)36-13-3-31(26-41)4-14-36)60(52,53)37-15-5-32(27-42)6-16-37)22-24-47(61(54,55)38-17-7-33(28-43)8-18-38)62(56,57)39-19-9-34(29-44)10-20-39/h1-20H,21-24H2. The Hall–Kier alpha value is -6.82. The number of hydrogen-bond acceptors (Lipinski definition) is 15. The monoisotopic (exact) mass is 928 g/mol. The molecule has 0 saturated carbocycles. The summed E-state index contributed by atoms with van der Waals surface area (Å²) < 4.78 is 143. The van der Waals surface area contributed by atoms with E-state index in [4.69, 9.17) is 0 Å². The van der Waals surface area contributed by atoms with Crippen molar-refractivity contribution in [3.05, 3.63) is 149 Å². The van der Waals surface area contributed by atoms with E-state index in [2.05, 4.69) is 0 Å². The summed E-state index contributed by atoms with van der Waals surface area (Å²) in [7, 11) is -25.6. The van der Waals surface area contributed by atoms with Crippen LogP contribution in [0.4, 0.5) is 0 Å². The molecule has 0 spiro atoms. The van der Waals surface area contributed by atoms with Crippen molar-refractivity contribution < 1.29 is 42.1 Å². The molecule has 0 aliphatic rings. The van der Waals surface area contributed by atoms with Crippen molar-refractivity contribution in [2.24, 2.45) is 0 Å². The minimum atomic E-state index is -5.16. The van der Waals surface area contributed by atoms with E-state index in [9.17, 15) is 68.4 Å². The number of sulfonamides is 5. The molecule has 0 atom stereocenters. The summed E-state index contributed by atoms with van der Waals surface area (Å²) in [5, 5.41) is 46.4. The highest BCUT2D eigenvalue weighted by atomic mass is 32.3. The molecular formula is C39H28N8O10S5. The van der Waals surface area contributed by atoms with Crippen molar-refractivity contribution >= 4 is 50.1 Å². The van der Waals surface area contributed by atoms with Crippen molar-refractivity contribution in [2.45, 2.75) is 24.5 Å². The average molecular weight is 929 g/mol. The molecule has 0 saturated heterocycles. The minimum absolute atomic E-state index is 0.0154. The summed E-state index contributed by atoms with van der Waals surface area (Å²) in [6.07, 6.45) is 0. The molecule has 0 unspecified atom stereocenters. The number of nitriles is 5. The summed E-state index contributed by atoms with van der Waals surface area (Å²) >= 11 is 0. The lowest BCUT2D eigenvalue weighted by Gasteiger charge is -2.29. The van der Waals surface area contributed by atoms with Crippen LogP contribution in [-0.2, 0) is 50.1 Å². The van der Waals surface area contributed by atoms with Crippen molar-refractivity contribution in [1.29, 1.82) is 26.3 Å². The van der Waals surface area contributed by atoms with Gasteiger partial charge in [-0.05, 0) is 121 Å². The lowest BCUT2D eigenvalue weighted by molar-refractivity contribution is 0.371. The maximum Gasteiger partial charge on any atom is 0.256 e. The third-order valence-electron chi connectivity index (χ3n) is 8.88. The van der Waals surface area contributed by atoms with Crippen molar-refractivity contribution in [1.82, 2.24) is 11.7 Å². The van der Waals surface area contributed by atoms with Crippen LogP contribution in [0, 0.1) is 56.7 Å². The molecule has 5 aromatic carbocycles. The topological polar surface area (TPSA) is 299 Å². The molecule has 18 nitrogen and oxygen atoms in total. The molecule has 23 heteroatoms. The van der Waals surface area contributed by atoms with Gasteiger partial charge in [0.15, 0.2) is 0 Å². The van der Waals surface area contributed by atoms with E-state index >= 15 is 0 Å². The Morgan fingerprint density at radius 3 is 0.645 bits per heavy atom. The first-order valence-electron chi connectivity index (χ1n) is 17.3. The predicted molar refractivity (Wildman–Crippen MR) is 217 cm³/mol. The smallest absolute Gasteiger partial charge is 0.207 e. The van der Waals surface area contributed by atoms with Gasteiger partial charge in [-0.2, -0.15) is 30.6 Å². The largest absolute Gasteiger partial charge is 0.256 e. The Kier molecular flexibility index (Phi) is 13.7. The second kappa shape index (κ2) is 18.4. The van der Waals surface area contributed by atoms with Gasteiger partial charge in [0.05, 0.1) is 82.6 Å². The molecule has 5 rings (SSSR count). The van der Waals surface area contributed by atoms with Gasteiger partial charge >= 0.3 is 0 Å². The summed E-state index contributed by atoms with van der Waals surface area (Å²) in [4.78, 5) is -3.08. The van der Waals surface area contributed by atoms with Crippen LogP contribution in [0.25, 0.3) is 0 Å². The molecule has 0 aliphatic heterocycles. The fraction of sp³-hybridized carbons (Fsp3) is 0.103. The first-order valence-corrected chi connectivity index (χ1v) is 24.5. The second-order valence-corrected chi connectivity index (χ2v) is 22.4. The van der Waals surface area contributed by atoms with E-state index < -0.39 is 101 Å². The van der Waals surface area contributed by atoms with Gasteiger partial charge in [-0.15, -0.1) is 0 Å². The average Bonchev–Trinajstić information content (AvgIpc) is 3.28. The van der Waals surface area contributed by atoms with Gasteiger partial charge in [0, 0.05) is 26.2 Å². The summed E-state index contributed by atoms with van der Waals surface area (Å²) in [6.45, 7) is -4.56. The van der Waals surface area contributed by atoms with E-state index in [1.807, 2.05) is 6.07 Å². The first kappa shape index (κ1) is 46.2. The maximum atomic E-state index is 14.4. The van der Waals surface area contributed by atoms with Crippen LogP contribution in [0.1, 0.15) is 27.8 Å². The number of hydrogen-bond donors (Lipinski definition) is 0. The Morgan fingerprint density at radius 2 is 0.468 bits per heavy atom. The summed E-state index contributed by atoms with van der Waals surface area (Å²) in [5.41, 5.74) is 0.0864. The van der Waals surface area contributed by atoms with Crippen LogP contribution in [0.15, 0.2) is 146 Å². The number of rotatable bonds is 16. The normalized spacial score (nSPS) is 12.2. The SMILES string of the molecule is N#Cc1ccc(S(=O)(=O)N(CCN(S(=O)(=O)c2ccc(C#N)cc2)S(=O)(=O)c2ccc(C#N)cc2)CCN(S(=O)(=O)c2ccc(C#N)cc2)S(=O)(=O)c2ccc(C#N)cc2)cc1. The Balaban J connectivity index is 1.66. The van der Waals surface area contributed by atoms with E-state index in [1.165, 1.54) is 0 Å². The Morgan fingerprint density at radius 1 is 0.290 bits per heavy atom. The van der Waals surface area contributed by atoms with Gasteiger partial charge in [0.2, 0.25) is 10.0 Å². The molecular weight excluding hydrogens is 901 g/mol. The van der Waals surface area contributed by atoms with Gasteiger partial charge in [-0.1, -0.05) is 7.42 Å². The fourth-order valence-corrected chi connectivity index (χ4v) is 14.3. The van der Waals surface area contributed by atoms with Crippen LogP contribution < -0.4 is 0 Å². The van der Waals surface area contributed by atoms with E-state index in [1.54, 1.807) is 24.3 Å². The third-order valence-corrected chi connectivity index (χ3v) is 19.5. The Bertz CT molecular complexity index is 2940. The highest BCUT2D eigenvalue weighted by Crippen LogP contribution is 2.28. The van der Waals surface area contributed by atoms with Crippen LogP contribution in [0.3, 0.4) is 0 Å². The maximum absolute atomic E-state index is 14.4. The zero-order valence-electron chi connectivity index (χ0n) is 31.6. The molecule has 5 aromatic rings. The Labute approximate surface area is 358 Å². The molecule has 0 N–H and O–H groups in total. The summed E-state index contributed by atoms with van der Waals surface area (Å²) in [6, 6.07) is 29.6. The van der Waals surface area contributed by atoms with E-state index in [0.29, 0.717) is 4.31 Å². The molecule has 0 aromatic heterocycles. The molecule has 314 valence electrons. The second-order valence-electron chi connectivity index (χ2n) is 12.6. The van der Waals surface area contributed by atoms with Crippen LogP contribution in [0.5, 0.6) is 0 Å². The summed E-state index contributed by atoms with van der Waals surface area (Å²) in [5.74, 6) is 0. The molecule has 0 heterocycles. The lowest BCUT2D eigenvalue weighted by Crippen LogP contribution is -2.47. The van der Waals surface area contributed by atoms with Gasteiger partial charge in [-0.3, -0.25) is 0 Å². The molecule has 0 radical (unpaired) electrons. The van der Waals surface area contributed by atoms with E-state index in [0.717, 1.165) is 121 Å². The van der Waals surface area contributed by atoms with E-state index in [-0.39, 0.29) is 35.2 Å². The zero-order valence-corrected chi connectivity index (χ0v) is 35.7. The van der Waals surface area contributed by atoms with Crippen molar-refractivity contribution in [3.63, 3.8) is 0 Å². The molecule has 62 heavy (non-hydrogen) atoms. The van der Waals surface area contributed by atoms with Crippen molar-refractivity contribution in [3.8, 4) is 30.3 Å². The predicted octanol–water partition coefficient (Wildman–Crippen LogP) is 3.20. The van der Waals surface area contributed by atoms with Crippen LogP contribution >= 0.6 is 0 Å². The van der Waals surface area contributed by atoms with Gasteiger partial charge in [-0.25, -0.2) is 42.1 Å². The number of nitrogens with zero attached hydrogens (tertiary/aromatic N) is 8. The molecule has 0 aliphatic carbocycles. The van der Waals surface area contributed by atoms with Crippen LogP contribution in [0.2, 0.25) is 0 Å². The molecule has 0 amide bonds. The number of benzene rings is 5. The minimum Gasteiger partial charge on any atom is -0.207 e. The zero-order chi connectivity index (χ0) is 45.5. The molecule has 0 bridgehead atoms. The van der Waals surface area contributed by atoms with Gasteiger partial charge in [0.25, 0.3) is 40.1 Å². The quantitative estimate of drug-likeness (QED) is 0.137. The third kappa shape index (κ3) is 9.54. The lowest BCUT2D eigenvalue weighted by atomic mass is 10.2. The van der Waals surface area contributed by atoms with Gasteiger partial charge < -0.3 is 0 Å². The fourth-order valence-electron chi connectivity index (χ4n) is 5.60. The van der Waals surface area contributed by atoms with Crippen LogP contribution in [-0.4, -0.2) is 80.0 Å². The highest BCUT2D eigenvalue weighted by Gasteiger charge is 2.41. The first-order chi connectivity index (χ1) is 29.3. The van der Waals surface area contributed by atoms with Gasteiger partial charge in [0.1, 0.15) is 0 Å². The highest BCUT2D eigenvalue weighted by molar-refractivity contribution is 8.04.